The van der Waals surface area contributed by atoms with E-state index >= 15 is 0 Å². The molecule has 0 spiro atoms. The second-order valence-corrected chi connectivity index (χ2v) is 7.97. The van der Waals surface area contributed by atoms with E-state index in [1.165, 1.54) is 5.56 Å². The molecule has 0 aromatic heterocycles. The van der Waals surface area contributed by atoms with Crippen molar-refractivity contribution in [1.82, 2.24) is 5.32 Å². The molecule has 2 aromatic rings. The Balaban J connectivity index is 1.95. The van der Waals surface area contributed by atoms with Crippen LogP contribution in [0.1, 0.15) is 27.0 Å². The Kier molecular flexibility index (Phi) is 6.26. The minimum Gasteiger partial charge on any atom is -0.491 e. The molecule has 0 heterocycles. The molecular formula is C19H24N2O4S. The summed E-state index contributed by atoms with van der Waals surface area (Å²) in [5.41, 5.74) is 3.61. The number of hydrogen-bond donors (Lipinski definition) is 2. The van der Waals surface area contributed by atoms with Gasteiger partial charge in [0.1, 0.15) is 12.4 Å². The van der Waals surface area contributed by atoms with Gasteiger partial charge in [-0.25, -0.2) is 8.42 Å². The molecule has 0 unspecified atom stereocenters. The standard InChI is InChI=1S/C19H24N2O4S/c1-13-8-9-18(14(2)12-13)25-11-10-20-19(22)16-6-5-7-17(15(16)3)21-26(4,23)24/h5-9,12,21H,10-11H2,1-4H3,(H,20,22). The highest BCUT2D eigenvalue weighted by Crippen LogP contribution is 2.20. The number of anilines is 1. The van der Waals surface area contributed by atoms with Crippen LogP contribution in [0, 0.1) is 20.8 Å². The van der Waals surface area contributed by atoms with Gasteiger partial charge in [0.2, 0.25) is 10.0 Å². The highest BCUT2D eigenvalue weighted by Gasteiger charge is 2.13. The first-order valence-electron chi connectivity index (χ1n) is 8.23. The SMILES string of the molecule is Cc1ccc(OCCNC(=O)c2cccc(NS(C)(=O)=O)c2C)c(C)c1. The summed E-state index contributed by atoms with van der Waals surface area (Å²) in [6.07, 6.45) is 1.07. The predicted octanol–water partition coefficient (Wildman–Crippen LogP) is 2.79. The highest BCUT2D eigenvalue weighted by molar-refractivity contribution is 7.92. The molecule has 6 nitrogen and oxygen atoms in total. The molecule has 0 saturated heterocycles. The van der Waals surface area contributed by atoms with E-state index in [0.717, 1.165) is 17.6 Å². The van der Waals surface area contributed by atoms with Crippen LogP contribution in [-0.4, -0.2) is 33.7 Å². The fourth-order valence-electron chi connectivity index (χ4n) is 2.57. The molecule has 140 valence electrons. The van der Waals surface area contributed by atoms with E-state index in [2.05, 4.69) is 10.0 Å². The monoisotopic (exact) mass is 376 g/mol. The van der Waals surface area contributed by atoms with Crippen molar-refractivity contribution < 1.29 is 17.9 Å². The van der Waals surface area contributed by atoms with Crippen LogP contribution in [0.4, 0.5) is 5.69 Å². The first kappa shape index (κ1) is 19.8. The molecule has 0 fully saturated rings. The number of carbonyl (C=O) groups excluding carboxylic acids is 1. The average molecular weight is 376 g/mol. The van der Waals surface area contributed by atoms with Gasteiger partial charge in [-0.3, -0.25) is 9.52 Å². The van der Waals surface area contributed by atoms with Crippen LogP contribution in [0.2, 0.25) is 0 Å². The Morgan fingerprint density at radius 1 is 1.12 bits per heavy atom. The van der Waals surface area contributed by atoms with Crippen molar-refractivity contribution in [3.63, 3.8) is 0 Å². The Bertz CT molecular complexity index is 908. The van der Waals surface area contributed by atoms with E-state index in [4.69, 9.17) is 4.74 Å². The number of rotatable bonds is 7. The molecule has 0 saturated carbocycles. The second-order valence-electron chi connectivity index (χ2n) is 6.23. The zero-order valence-electron chi connectivity index (χ0n) is 15.4. The van der Waals surface area contributed by atoms with Crippen molar-refractivity contribution >= 4 is 21.6 Å². The number of ether oxygens (including phenoxy) is 1. The summed E-state index contributed by atoms with van der Waals surface area (Å²) < 4.78 is 30.9. The molecular weight excluding hydrogens is 352 g/mol. The van der Waals surface area contributed by atoms with Crippen molar-refractivity contribution in [3.05, 3.63) is 58.7 Å². The first-order valence-corrected chi connectivity index (χ1v) is 10.1. The summed E-state index contributed by atoms with van der Waals surface area (Å²) in [4.78, 5) is 12.4. The Hall–Kier alpha value is -2.54. The summed E-state index contributed by atoms with van der Waals surface area (Å²) in [5.74, 6) is 0.518. The van der Waals surface area contributed by atoms with Crippen LogP contribution in [-0.2, 0) is 10.0 Å². The third-order valence-corrected chi connectivity index (χ3v) is 4.44. The van der Waals surface area contributed by atoms with Gasteiger partial charge >= 0.3 is 0 Å². The van der Waals surface area contributed by atoms with Gasteiger partial charge in [-0.1, -0.05) is 23.8 Å². The largest absolute Gasteiger partial charge is 0.491 e. The zero-order valence-corrected chi connectivity index (χ0v) is 16.2. The first-order chi connectivity index (χ1) is 12.2. The van der Waals surface area contributed by atoms with Crippen molar-refractivity contribution in [1.29, 1.82) is 0 Å². The molecule has 1 amide bonds. The lowest BCUT2D eigenvalue weighted by molar-refractivity contribution is 0.0946. The third kappa shape index (κ3) is 5.49. The lowest BCUT2D eigenvalue weighted by Gasteiger charge is -2.13. The molecule has 0 aliphatic carbocycles. The van der Waals surface area contributed by atoms with Gasteiger partial charge in [-0.2, -0.15) is 0 Å². The maximum Gasteiger partial charge on any atom is 0.251 e. The van der Waals surface area contributed by atoms with E-state index in [1.54, 1.807) is 25.1 Å². The number of nitrogens with one attached hydrogen (secondary N) is 2. The number of aryl methyl sites for hydroxylation is 2. The van der Waals surface area contributed by atoms with Crippen LogP contribution in [0.25, 0.3) is 0 Å². The lowest BCUT2D eigenvalue weighted by atomic mass is 10.1. The number of sulfonamides is 1. The van der Waals surface area contributed by atoms with Gasteiger partial charge in [0, 0.05) is 5.56 Å². The molecule has 0 aliphatic rings. The predicted molar refractivity (Wildman–Crippen MR) is 103 cm³/mol. The van der Waals surface area contributed by atoms with E-state index in [9.17, 15) is 13.2 Å². The molecule has 0 bridgehead atoms. The van der Waals surface area contributed by atoms with Crippen molar-refractivity contribution in [3.8, 4) is 5.75 Å². The van der Waals surface area contributed by atoms with Crippen LogP contribution >= 0.6 is 0 Å². The summed E-state index contributed by atoms with van der Waals surface area (Å²) >= 11 is 0. The van der Waals surface area contributed by atoms with Gasteiger partial charge in [-0.05, 0) is 50.1 Å². The van der Waals surface area contributed by atoms with Gasteiger partial charge in [-0.15, -0.1) is 0 Å². The molecule has 0 radical (unpaired) electrons. The summed E-state index contributed by atoms with van der Waals surface area (Å²) in [7, 11) is -3.40. The maximum absolute atomic E-state index is 12.4. The Labute approximate surface area is 154 Å². The van der Waals surface area contributed by atoms with Gasteiger partial charge in [0.15, 0.2) is 0 Å². The fraction of sp³-hybridized carbons (Fsp3) is 0.316. The number of benzene rings is 2. The number of carbonyl (C=O) groups is 1. The minimum absolute atomic E-state index is 0.274. The Morgan fingerprint density at radius 3 is 2.50 bits per heavy atom. The molecule has 0 atom stereocenters. The van der Waals surface area contributed by atoms with Crippen molar-refractivity contribution in [2.75, 3.05) is 24.1 Å². The third-order valence-electron chi connectivity index (χ3n) is 3.85. The van der Waals surface area contributed by atoms with Crippen molar-refractivity contribution in [2.24, 2.45) is 0 Å². The topological polar surface area (TPSA) is 84.5 Å². The van der Waals surface area contributed by atoms with E-state index in [0.29, 0.717) is 30.0 Å². The lowest BCUT2D eigenvalue weighted by Crippen LogP contribution is -2.29. The van der Waals surface area contributed by atoms with Gasteiger partial charge in [0.05, 0.1) is 18.5 Å². The Morgan fingerprint density at radius 2 is 1.85 bits per heavy atom. The summed E-state index contributed by atoms with van der Waals surface area (Å²) in [6.45, 7) is 6.39. The molecule has 2 rings (SSSR count). The molecule has 2 aromatic carbocycles. The fourth-order valence-corrected chi connectivity index (χ4v) is 3.19. The second kappa shape index (κ2) is 8.23. The van der Waals surface area contributed by atoms with Crippen molar-refractivity contribution in [2.45, 2.75) is 20.8 Å². The average Bonchev–Trinajstić information content (AvgIpc) is 2.53. The highest BCUT2D eigenvalue weighted by atomic mass is 32.2. The number of hydrogen-bond acceptors (Lipinski definition) is 4. The summed E-state index contributed by atoms with van der Waals surface area (Å²) in [5, 5.41) is 2.79. The number of amides is 1. The van der Waals surface area contributed by atoms with Crippen LogP contribution < -0.4 is 14.8 Å². The quantitative estimate of drug-likeness (QED) is 0.728. The van der Waals surface area contributed by atoms with E-state index < -0.39 is 10.0 Å². The summed E-state index contributed by atoms with van der Waals surface area (Å²) in [6, 6.07) is 10.8. The van der Waals surface area contributed by atoms with Gasteiger partial charge < -0.3 is 10.1 Å². The smallest absolute Gasteiger partial charge is 0.251 e. The minimum atomic E-state index is -3.40. The maximum atomic E-state index is 12.4. The molecule has 0 aliphatic heterocycles. The van der Waals surface area contributed by atoms with Crippen LogP contribution in [0.3, 0.4) is 0 Å². The van der Waals surface area contributed by atoms with E-state index in [1.807, 2.05) is 32.0 Å². The van der Waals surface area contributed by atoms with Gasteiger partial charge in [0.25, 0.3) is 5.91 Å². The van der Waals surface area contributed by atoms with E-state index in [-0.39, 0.29) is 5.91 Å². The zero-order chi connectivity index (χ0) is 19.3. The van der Waals surface area contributed by atoms with Crippen LogP contribution in [0.15, 0.2) is 36.4 Å². The molecule has 26 heavy (non-hydrogen) atoms. The normalized spacial score (nSPS) is 11.1. The molecule has 2 N–H and O–H groups in total. The van der Waals surface area contributed by atoms with Crippen LogP contribution in [0.5, 0.6) is 5.75 Å². The molecule has 7 heteroatoms.